The third-order valence-electron chi connectivity index (χ3n) is 14.3. The topological polar surface area (TPSA) is 104 Å². The maximum Gasteiger partial charge on any atom is 0.181 e. The van der Waals surface area contributed by atoms with Crippen molar-refractivity contribution in [3.05, 3.63) is 159 Å². The summed E-state index contributed by atoms with van der Waals surface area (Å²) < 4.78 is 21.3. The van der Waals surface area contributed by atoms with Crippen LogP contribution in [0.25, 0.3) is 0 Å². The van der Waals surface area contributed by atoms with Crippen molar-refractivity contribution in [2.45, 2.75) is 316 Å². The van der Waals surface area contributed by atoms with Gasteiger partial charge in [-0.2, -0.15) is 0 Å². The molecule has 0 amide bonds. The van der Waals surface area contributed by atoms with Gasteiger partial charge in [-0.15, -0.1) is 45.3 Å². The molecule has 0 atom stereocenters. The van der Waals surface area contributed by atoms with Crippen molar-refractivity contribution in [1.29, 1.82) is 0 Å². The Bertz CT molecular complexity index is 2220. The second-order valence-corrected chi connectivity index (χ2v) is 31.5. The molecule has 0 N–H and O–H groups in total. The molecule has 0 saturated heterocycles. The Kier molecular flexibility index (Phi) is 38.2. The van der Waals surface area contributed by atoms with Crippen molar-refractivity contribution in [1.82, 2.24) is 19.9 Å². The molecule has 12 heteroatoms. The molecule has 0 saturated carbocycles. The molecule has 8 nitrogen and oxygen atoms in total. The van der Waals surface area contributed by atoms with Crippen LogP contribution in [0.3, 0.4) is 0 Å². The summed E-state index contributed by atoms with van der Waals surface area (Å²) in [5.41, 5.74) is 14.4. The van der Waals surface area contributed by atoms with Crippen LogP contribution < -0.4 is 0 Å². The highest BCUT2D eigenvalue weighted by Crippen LogP contribution is 2.34. The van der Waals surface area contributed by atoms with E-state index in [0.717, 1.165) is 34.4 Å². The third kappa shape index (κ3) is 27.2. The van der Waals surface area contributed by atoms with E-state index in [9.17, 15) is 0 Å². The zero-order valence-corrected chi connectivity index (χ0v) is 64.5. The number of rotatable bonds is 16. The van der Waals surface area contributed by atoms with E-state index in [2.05, 4.69) is 277 Å². The molecule has 8 rings (SSSR count). The Morgan fingerprint density at radius 3 is 0.693 bits per heavy atom. The molecule has 88 heavy (non-hydrogen) atoms. The summed E-state index contributed by atoms with van der Waals surface area (Å²) in [5.74, 6) is 13.4. The van der Waals surface area contributed by atoms with Gasteiger partial charge in [-0.3, -0.25) is 0 Å². The van der Waals surface area contributed by atoms with Crippen molar-refractivity contribution < 1.29 is 17.7 Å². The molecule has 8 heterocycles. The SMILES string of the molecule is CC(C)c1ccoc1C(C)C.CC(C)c1ccoc1C(C)C.CC(C)c1ccsc1C(C)C.CC(C)c1ccsc1C(C)C.CC(C)c1ncoc1C(C)C.CC(C)c1ncoc1C(C)C.CC(C)c1ncsc1C(C)C.CC(C)c1ncsc1C(C)C. The Morgan fingerprint density at radius 1 is 0.239 bits per heavy atom. The molecule has 0 aromatic carbocycles. The summed E-state index contributed by atoms with van der Waals surface area (Å²) >= 11 is 7.32. The molecule has 8 aromatic rings. The number of nitrogens with zero attached hydrogens (tertiary/aromatic N) is 4. The van der Waals surface area contributed by atoms with Crippen LogP contribution in [0.4, 0.5) is 0 Å². The van der Waals surface area contributed by atoms with Crippen LogP contribution in [0.15, 0.2) is 89.0 Å². The summed E-state index contributed by atoms with van der Waals surface area (Å²) in [7, 11) is 0. The summed E-state index contributed by atoms with van der Waals surface area (Å²) in [6, 6.07) is 8.65. The lowest BCUT2D eigenvalue weighted by Gasteiger charge is -2.08. The lowest BCUT2D eigenvalue weighted by atomic mass is 9.99. The maximum atomic E-state index is 5.39. The van der Waals surface area contributed by atoms with E-state index < -0.39 is 0 Å². The van der Waals surface area contributed by atoms with E-state index in [1.54, 1.807) is 45.0 Å². The highest BCUT2D eigenvalue weighted by atomic mass is 32.1. The molecular weight excluding hydrogens is 1160 g/mol. The number of aromatic nitrogens is 4. The van der Waals surface area contributed by atoms with Crippen LogP contribution in [-0.2, 0) is 0 Å². The van der Waals surface area contributed by atoms with Crippen LogP contribution in [0.2, 0.25) is 0 Å². The smallest absolute Gasteiger partial charge is 0.181 e. The standard InChI is InChI=1S/2C10H16O.2C10H16S.2C9H15NO.2C9H15NS/c4*1-7(2)9-5-6-11-10(9)8(3)4;4*1-6(2)8-9(7(3)4)11-5-10-8/h4*5-8H,1-4H3;4*5-7H,1-4H3. The van der Waals surface area contributed by atoms with Crippen LogP contribution in [0, 0.1) is 0 Å². The first-order valence-electron chi connectivity index (χ1n) is 33.0. The van der Waals surface area contributed by atoms with E-state index in [1.807, 2.05) is 33.7 Å². The van der Waals surface area contributed by atoms with E-state index >= 15 is 0 Å². The first-order valence-corrected chi connectivity index (χ1v) is 36.5. The molecule has 496 valence electrons. The molecule has 0 radical (unpaired) electrons. The molecule has 0 bridgehead atoms. The van der Waals surface area contributed by atoms with Crippen molar-refractivity contribution in [3.63, 3.8) is 0 Å². The van der Waals surface area contributed by atoms with Gasteiger partial charge in [0.15, 0.2) is 12.8 Å². The maximum absolute atomic E-state index is 5.39. The van der Waals surface area contributed by atoms with Crippen LogP contribution >= 0.6 is 45.3 Å². The first kappa shape index (κ1) is 81.7. The summed E-state index contributed by atoms with van der Waals surface area (Å²) in [5, 5.41) is 4.40. The molecule has 0 spiro atoms. The summed E-state index contributed by atoms with van der Waals surface area (Å²) in [6.07, 6.45) is 6.63. The normalized spacial score (nSPS) is 11.5. The Hall–Kier alpha value is -4.36. The van der Waals surface area contributed by atoms with E-state index in [0.29, 0.717) is 94.7 Å². The minimum atomic E-state index is 0.440. The van der Waals surface area contributed by atoms with Crippen LogP contribution in [0.1, 0.15) is 404 Å². The van der Waals surface area contributed by atoms with Gasteiger partial charge in [-0.25, -0.2) is 19.9 Å². The van der Waals surface area contributed by atoms with Gasteiger partial charge >= 0.3 is 0 Å². The molecular formula is C76H124N4O4S4. The number of hydrogen-bond donors (Lipinski definition) is 0. The van der Waals surface area contributed by atoms with Crippen molar-refractivity contribution in [2.75, 3.05) is 0 Å². The zero-order valence-electron chi connectivity index (χ0n) is 61.2. The van der Waals surface area contributed by atoms with Gasteiger partial charge in [-0.05, 0) is 128 Å². The predicted molar refractivity (Wildman–Crippen MR) is 389 cm³/mol. The number of thiophene rings is 2. The highest BCUT2D eigenvalue weighted by Gasteiger charge is 2.18. The molecule has 0 aliphatic heterocycles. The monoisotopic (exact) mass is 1280 g/mol. The summed E-state index contributed by atoms with van der Waals surface area (Å²) in [4.78, 5) is 23.1. The van der Waals surface area contributed by atoms with Gasteiger partial charge in [0.1, 0.15) is 23.0 Å². The van der Waals surface area contributed by atoms with Gasteiger partial charge in [0.05, 0.1) is 46.3 Å². The van der Waals surface area contributed by atoms with Gasteiger partial charge in [0, 0.05) is 43.2 Å². The lowest BCUT2D eigenvalue weighted by molar-refractivity contribution is 0.476. The fourth-order valence-corrected chi connectivity index (χ4v) is 13.7. The average molecular weight is 1290 g/mol. The third-order valence-corrected chi connectivity index (χ3v) is 19.0. The van der Waals surface area contributed by atoms with Crippen molar-refractivity contribution in [3.8, 4) is 0 Å². The van der Waals surface area contributed by atoms with Crippen molar-refractivity contribution in [2.24, 2.45) is 0 Å². The number of hydrogen-bond acceptors (Lipinski definition) is 12. The molecule has 8 aromatic heterocycles. The molecule has 0 aliphatic rings. The van der Waals surface area contributed by atoms with Crippen molar-refractivity contribution >= 4 is 45.3 Å². The Balaban J connectivity index is 0.000000503. The minimum Gasteiger partial charge on any atom is -0.469 e. The summed E-state index contributed by atoms with van der Waals surface area (Å²) in [6.45, 7) is 70.1. The first-order chi connectivity index (χ1) is 41.0. The Labute approximate surface area is 554 Å². The fraction of sp³-hybridized carbons (Fsp3) is 0.632. The van der Waals surface area contributed by atoms with E-state index in [-0.39, 0.29) is 0 Å². The average Bonchev–Trinajstić information content (AvgIpc) is 4.30. The zero-order chi connectivity index (χ0) is 67.4. The van der Waals surface area contributed by atoms with Gasteiger partial charge in [0.2, 0.25) is 0 Å². The minimum absolute atomic E-state index is 0.440. The van der Waals surface area contributed by atoms with Crippen LogP contribution in [-0.4, -0.2) is 19.9 Å². The highest BCUT2D eigenvalue weighted by molar-refractivity contribution is 7.10. The Morgan fingerprint density at radius 2 is 0.511 bits per heavy atom. The number of thiazole rings is 2. The molecule has 0 unspecified atom stereocenters. The van der Waals surface area contributed by atoms with Gasteiger partial charge < -0.3 is 17.7 Å². The molecule has 0 fully saturated rings. The quantitative estimate of drug-likeness (QED) is 0.0942. The number of oxazole rings is 2. The lowest BCUT2D eigenvalue weighted by Crippen LogP contribution is -1.95. The van der Waals surface area contributed by atoms with Crippen LogP contribution in [0.5, 0.6) is 0 Å². The van der Waals surface area contributed by atoms with Gasteiger partial charge in [0.25, 0.3) is 0 Å². The van der Waals surface area contributed by atoms with Gasteiger partial charge in [-0.1, -0.05) is 222 Å². The fourth-order valence-electron chi connectivity index (χ4n) is 9.63. The molecule has 0 aliphatic carbocycles. The number of furan rings is 2. The largest absolute Gasteiger partial charge is 0.469 e. The predicted octanol–water partition coefficient (Wildman–Crippen LogP) is 27.7. The second-order valence-electron chi connectivity index (χ2n) is 27.8. The van der Waals surface area contributed by atoms with E-state index in [4.69, 9.17) is 17.7 Å². The van der Waals surface area contributed by atoms with E-state index in [1.165, 1.54) is 56.2 Å². The second kappa shape index (κ2) is 41.2.